The molecule has 4 heteroatoms. The molecule has 1 aliphatic heterocycles. The minimum absolute atomic E-state index is 0.677. The third-order valence-corrected chi connectivity index (χ3v) is 5.00. The summed E-state index contributed by atoms with van der Waals surface area (Å²) in [5.41, 5.74) is 1.14. The summed E-state index contributed by atoms with van der Waals surface area (Å²) in [4.78, 5) is 7.40. The number of benzene rings is 1. The van der Waals surface area contributed by atoms with Gasteiger partial charge in [-0.25, -0.2) is 4.98 Å². The van der Waals surface area contributed by atoms with Gasteiger partial charge in [-0.15, -0.1) is 11.3 Å². The summed E-state index contributed by atoms with van der Waals surface area (Å²) >= 11 is 1.84. The average molecular weight is 289 g/mol. The Morgan fingerprint density at radius 1 is 1.40 bits per heavy atom. The lowest BCUT2D eigenvalue weighted by atomic mass is 10.1. The van der Waals surface area contributed by atoms with Gasteiger partial charge in [0.05, 0.1) is 16.8 Å². The van der Waals surface area contributed by atoms with Crippen molar-refractivity contribution < 1.29 is 0 Å². The maximum atomic E-state index is 4.79. The first-order valence-corrected chi connectivity index (χ1v) is 8.47. The fraction of sp³-hybridized carbons (Fsp3) is 0.562. The number of hydrogen-bond acceptors (Lipinski definition) is 4. The molecule has 2 heterocycles. The lowest BCUT2D eigenvalue weighted by molar-refractivity contribution is 0.158. The molecular weight excluding hydrogens is 266 g/mol. The van der Waals surface area contributed by atoms with Gasteiger partial charge in [-0.3, -0.25) is 4.90 Å². The van der Waals surface area contributed by atoms with Crippen molar-refractivity contribution in [2.45, 2.75) is 38.8 Å². The molecule has 1 aromatic heterocycles. The van der Waals surface area contributed by atoms with E-state index in [0.29, 0.717) is 6.04 Å². The first-order chi connectivity index (χ1) is 9.86. The highest BCUT2D eigenvalue weighted by Crippen LogP contribution is 2.24. The van der Waals surface area contributed by atoms with E-state index in [9.17, 15) is 0 Å². The Labute approximate surface area is 125 Å². The van der Waals surface area contributed by atoms with Crippen LogP contribution in [-0.2, 0) is 6.54 Å². The Balaban J connectivity index is 1.74. The number of thiazole rings is 1. The fourth-order valence-electron chi connectivity index (χ4n) is 2.98. The second-order valence-electron chi connectivity index (χ2n) is 5.55. The van der Waals surface area contributed by atoms with Gasteiger partial charge in [0, 0.05) is 12.6 Å². The van der Waals surface area contributed by atoms with Crippen LogP contribution in [0.3, 0.4) is 0 Å². The lowest BCUT2D eigenvalue weighted by Gasteiger charge is -2.33. The van der Waals surface area contributed by atoms with Crippen molar-refractivity contribution >= 4 is 21.6 Å². The van der Waals surface area contributed by atoms with Crippen LogP contribution in [-0.4, -0.2) is 35.6 Å². The minimum Gasteiger partial charge on any atom is -0.315 e. The zero-order chi connectivity index (χ0) is 13.8. The van der Waals surface area contributed by atoms with Gasteiger partial charge >= 0.3 is 0 Å². The van der Waals surface area contributed by atoms with Gasteiger partial charge < -0.3 is 5.32 Å². The average Bonchev–Trinajstić information content (AvgIpc) is 2.90. The highest BCUT2D eigenvalue weighted by atomic mass is 32.1. The molecule has 2 aromatic rings. The van der Waals surface area contributed by atoms with Gasteiger partial charge in [0.2, 0.25) is 0 Å². The number of aromatic nitrogens is 1. The van der Waals surface area contributed by atoms with E-state index < -0.39 is 0 Å². The van der Waals surface area contributed by atoms with Crippen LogP contribution < -0.4 is 5.32 Å². The van der Waals surface area contributed by atoms with E-state index in [2.05, 4.69) is 41.4 Å². The standard InChI is InChI=1S/C16H23N3S/c1-2-10-19(13-6-5-9-17-11-13)12-16-18-14-7-3-4-8-15(14)20-16/h3-4,7-8,13,17H,2,5-6,9-12H2,1H3. The van der Waals surface area contributed by atoms with Crippen LogP contribution in [0.25, 0.3) is 10.2 Å². The third kappa shape index (κ3) is 3.19. The first kappa shape index (κ1) is 14.0. The Morgan fingerprint density at radius 2 is 2.30 bits per heavy atom. The van der Waals surface area contributed by atoms with Crippen molar-refractivity contribution in [1.82, 2.24) is 15.2 Å². The second-order valence-corrected chi connectivity index (χ2v) is 6.66. The highest BCUT2D eigenvalue weighted by molar-refractivity contribution is 7.18. The summed E-state index contributed by atoms with van der Waals surface area (Å²) in [5.74, 6) is 0. The monoisotopic (exact) mass is 289 g/mol. The molecule has 20 heavy (non-hydrogen) atoms. The summed E-state index contributed by atoms with van der Waals surface area (Å²) in [6.45, 7) is 6.74. The first-order valence-electron chi connectivity index (χ1n) is 7.66. The fourth-order valence-corrected chi connectivity index (χ4v) is 3.98. The van der Waals surface area contributed by atoms with E-state index in [0.717, 1.165) is 18.6 Å². The van der Waals surface area contributed by atoms with E-state index >= 15 is 0 Å². The van der Waals surface area contributed by atoms with Crippen LogP contribution in [0, 0.1) is 0 Å². The molecule has 1 aliphatic rings. The molecular formula is C16H23N3S. The number of fused-ring (bicyclic) bond motifs is 1. The molecule has 0 amide bonds. The van der Waals surface area contributed by atoms with Crippen molar-refractivity contribution in [2.24, 2.45) is 0 Å². The lowest BCUT2D eigenvalue weighted by Crippen LogP contribution is -2.45. The molecule has 1 fully saturated rings. The molecule has 0 radical (unpaired) electrons. The van der Waals surface area contributed by atoms with Crippen molar-refractivity contribution in [3.8, 4) is 0 Å². The number of hydrogen-bond donors (Lipinski definition) is 1. The predicted octanol–water partition coefficient (Wildman–Crippen LogP) is 3.26. The van der Waals surface area contributed by atoms with Crippen LogP contribution >= 0.6 is 11.3 Å². The van der Waals surface area contributed by atoms with Gasteiger partial charge in [0.25, 0.3) is 0 Å². The molecule has 1 unspecified atom stereocenters. The van der Waals surface area contributed by atoms with Crippen molar-refractivity contribution in [3.63, 3.8) is 0 Å². The molecule has 108 valence electrons. The topological polar surface area (TPSA) is 28.2 Å². The van der Waals surface area contributed by atoms with Gasteiger partial charge in [-0.2, -0.15) is 0 Å². The second kappa shape index (κ2) is 6.66. The SMILES string of the molecule is CCCN(Cc1nc2ccccc2s1)C1CCCNC1. The Hall–Kier alpha value is -0.970. The zero-order valence-corrected chi connectivity index (χ0v) is 13.0. The molecule has 0 saturated carbocycles. The number of rotatable bonds is 5. The maximum Gasteiger partial charge on any atom is 0.108 e. The van der Waals surface area contributed by atoms with Crippen LogP contribution in [0.5, 0.6) is 0 Å². The number of piperidine rings is 1. The largest absolute Gasteiger partial charge is 0.315 e. The smallest absolute Gasteiger partial charge is 0.108 e. The molecule has 1 saturated heterocycles. The van der Waals surface area contributed by atoms with Crippen LogP contribution in [0.2, 0.25) is 0 Å². The van der Waals surface area contributed by atoms with E-state index in [4.69, 9.17) is 4.98 Å². The summed E-state index contributed by atoms with van der Waals surface area (Å²) in [5, 5.41) is 4.78. The number of nitrogens with zero attached hydrogens (tertiary/aromatic N) is 2. The van der Waals surface area contributed by atoms with E-state index in [1.807, 2.05) is 11.3 Å². The van der Waals surface area contributed by atoms with Crippen LogP contribution in [0.1, 0.15) is 31.2 Å². The van der Waals surface area contributed by atoms with E-state index in [1.165, 1.54) is 42.1 Å². The normalized spacial score (nSPS) is 19.8. The van der Waals surface area contributed by atoms with Gasteiger partial charge in [0.15, 0.2) is 0 Å². The highest BCUT2D eigenvalue weighted by Gasteiger charge is 2.21. The van der Waals surface area contributed by atoms with E-state index in [1.54, 1.807) is 0 Å². The van der Waals surface area contributed by atoms with E-state index in [-0.39, 0.29) is 0 Å². The molecule has 3 rings (SSSR count). The third-order valence-electron chi connectivity index (χ3n) is 3.97. The van der Waals surface area contributed by atoms with Gasteiger partial charge in [-0.05, 0) is 44.5 Å². The quantitative estimate of drug-likeness (QED) is 0.915. The van der Waals surface area contributed by atoms with Crippen LogP contribution in [0.4, 0.5) is 0 Å². The van der Waals surface area contributed by atoms with Gasteiger partial charge in [0.1, 0.15) is 5.01 Å². The maximum absolute atomic E-state index is 4.79. The summed E-state index contributed by atoms with van der Waals surface area (Å²) in [6, 6.07) is 9.13. The molecule has 1 N–H and O–H groups in total. The van der Waals surface area contributed by atoms with Crippen molar-refractivity contribution in [3.05, 3.63) is 29.3 Å². The summed E-state index contributed by atoms with van der Waals surface area (Å²) in [6.07, 6.45) is 3.82. The Kier molecular flexibility index (Phi) is 4.65. The number of para-hydroxylation sites is 1. The Morgan fingerprint density at radius 3 is 3.05 bits per heavy atom. The summed E-state index contributed by atoms with van der Waals surface area (Å²) < 4.78 is 1.31. The molecule has 1 atom stereocenters. The minimum atomic E-state index is 0.677. The molecule has 3 nitrogen and oxygen atoms in total. The zero-order valence-electron chi connectivity index (χ0n) is 12.1. The van der Waals surface area contributed by atoms with Crippen molar-refractivity contribution in [1.29, 1.82) is 0 Å². The molecule has 0 bridgehead atoms. The van der Waals surface area contributed by atoms with Crippen molar-refractivity contribution in [2.75, 3.05) is 19.6 Å². The molecule has 1 aromatic carbocycles. The number of nitrogens with one attached hydrogen (secondary N) is 1. The van der Waals surface area contributed by atoms with Gasteiger partial charge in [-0.1, -0.05) is 19.1 Å². The van der Waals surface area contributed by atoms with Crippen LogP contribution in [0.15, 0.2) is 24.3 Å². The summed E-state index contributed by atoms with van der Waals surface area (Å²) in [7, 11) is 0. The Bertz CT molecular complexity index is 512. The molecule has 0 spiro atoms. The molecule has 0 aliphatic carbocycles. The predicted molar refractivity (Wildman–Crippen MR) is 86.2 cm³/mol.